The quantitative estimate of drug-likeness (QED) is 0.806. The van der Waals surface area contributed by atoms with E-state index in [-0.39, 0.29) is 6.04 Å². The van der Waals surface area contributed by atoms with E-state index in [4.69, 9.17) is 16.3 Å². The maximum Gasteiger partial charge on any atom is 0.137 e. The Labute approximate surface area is 124 Å². The molecule has 0 aliphatic carbocycles. The van der Waals surface area contributed by atoms with Gasteiger partial charge in [0.15, 0.2) is 0 Å². The van der Waals surface area contributed by atoms with Crippen molar-refractivity contribution >= 4 is 44.6 Å². The lowest BCUT2D eigenvalue weighted by molar-refractivity contribution is 0.415. The molecule has 1 aromatic heterocycles. The fourth-order valence-electron chi connectivity index (χ4n) is 1.63. The molecule has 0 fully saturated rings. The summed E-state index contributed by atoms with van der Waals surface area (Å²) in [6.07, 6.45) is 0. The zero-order chi connectivity index (χ0) is 13.1. The molecule has 1 atom stereocenters. The zero-order valence-corrected chi connectivity index (χ0v) is 13.2. The number of nitrogens with one attached hydrogen (secondary N) is 1. The minimum absolute atomic E-state index is 0.241. The van der Waals surface area contributed by atoms with Crippen LogP contribution in [0.2, 0.25) is 5.02 Å². The number of rotatable bonds is 4. The van der Waals surface area contributed by atoms with Crippen LogP contribution in [0.1, 0.15) is 17.8 Å². The van der Waals surface area contributed by atoms with Gasteiger partial charge in [0.2, 0.25) is 0 Å². The Balaban J connectivity index is 2.12. The smallest absolute Gasteiger partial charge is 0.137 e. The summed E-state index contributed by atoms with van der Waals surface area (Å²) < 4.78 is 6.24. The van der Waals surface area contributed by atoms with Gasteiger partial charge in [-0.1, -0.05) is 11.6 Å². The molecule has 1 aromatic carbocycles. The maximum absolute atomic E-state index is 6.09. The van der Waals surface area contributed by atoms with Crippen molar-refractivity contribution in [2.24, 2.45) is 0 Å². The molecule has 0 bridgehead atoms. The van der Waals surface area contributed by atoms with E-state index in [1.165, 1.54) is 4.88 Å². The van der Waals surface area contributed by atoms with Crippen molar-refractivity contribution in [1.82, 2.24) is 0 Å². The van der Waals surface area contributed by atoms with Crippen LogP contribution in [0.4, 0.5) is 5.69 Å². The molecule has 0 aliphatic rings. The van der Waals surface area contributed by atoms with E-state index in [0.717, 1.165) is 10.2 Å². The molecule has 1 N–H and O–H groups in total. The Kier molecular flexibility index (Phi) is 4.54. The second-order valence-corrected chi connectivity index (χ2v) is 6.15. The molecule has 2 nitrogen and oxygen atoms in total. The normalized spacial score (nSPS) is 12.2. The van der Waals surface area contributed by atoms with Crippen LogP contribution in [0.15, 0.2) is 34.1 Å². The van der Waals surface area contributed by atoms with E-state index < -0.39 is 0 Å². The summed E-state index contributed by atoms with van der Waals surface area (Å²) in [5, 5.41) is 6.10. The van der Waals surface area contributed by atoms with Gasteiger partial charge in [0.05, 0.1) is 18.2 Å². The number of ether oxygens (including phenoxy) is 1. The summed E-state index contributed by atoms with van der Waals surface area (Å²) in [4.78, 5) is 1.27. The summed E-state index contributed by atoms with van der Waals surface area (Å²) in [5.41, 5.74) is 0.984. The lowest BCUT2D eigenvalue weighted by Gasteiger charge is -2.14. The first-order valence-electron chi connectivity index (χ1n) is 5.44. The zero-order valence-electron chi connectivity index (χ0n) is 10.0. The first-order valence-corrected chi connectivity index (χ1v) is 7.49. The summed E-state index contributed by atoms with van der Waals surface area (Å²) >= 11 is 11.3. The largest absolute Gasteiger partial charge is 0.495 e. The number of halogens is 2. The van der Waals surface area contributed by atoms with Gasteiger partial charge < -0.3 is 10.1 Å². The second kappa shape index (κ2) is 5.95. The summed E-state index contributed by atoms with van der Waals surface area (Å²) in [6.45, 7) is 2.12. The number of anilines is 1. The second-order valence-electron chi connectivity index (χ2n) is 3.88. The Morgan fingerprint density at radius 2 is 2.17 bits per heavy atom. The van der Waals surface area contributed by atoms with E-state index in [2.05, 4.69) is 39.6 Å². The molecule has 2 aromatic rings. The van der Waals surface area contributed by atoms with Gasteiger partial charge in [-0.25, -0.2) is 0 Å². The standard InChI is InChI=1S/C13H13BrClNOS/c1-8(13-5-9(14)7-18-13)16-10-3-4-12(17-2)11(15)6-10/h3-8,16H,1-2H3. The van der Waals surface area contributed by atoms with Crippen molar-refractivity contribution in [3.8, 4) is 5.75 Å². The van der Waals surface area contributed by atoms with Crippen LogP contribution in [-0.2, 0) is 0 Å². The van der Waals surface area contributed by atoms with Gasteiger partial charge in [0.1, 0.15) is 5.75 Å². The van der Waals surface area contributed by atoms with Crippen LogP contribution in [0.3, 0.4) is 0 Å². The summed E-state index contributed by atoms with van der Waals surface area (Å²) in [6, 6.07) is 8.06. The van der Waals surface area contributed by atoms with Crippen molar-refractivity contribution in [2.75, 3.05) is 12.4 Å². The highest BCUT2D eigenvalue weighted by molar-refractivity contribution is 9.10. The number of methoxy groups -OCH3 is 1. The molecule has 1 unspecified atom stereocenters. The topological polar surface area (TPSA) is 21.3 Å². The average Bonchev–Trinajstić information content (AvgIpc) is 2.76. The molecule has 18 heavy (non-hydrogen) atoms. The highest BCUT2D eigenvalue weighted by Crippen LogP contribution is 2.31. The van der Waals surface area contributed by atoms with Gasteiger partial charge in [0.25, 0.3) is 0 Å². The van der Waals surface area contributed by atoms with Gasteiger partial charge in [-0.15, -0.1) is 11.3 Å². The first-order chi connectivity index (χ1) is 8.60. The lowest BCUT2D eigenvalue weighted by atomic mass is 10.2. The highest BCUT2D eigenvalue weighted by Gasteiger charge is 2.09. The van der Waals surface area contributed by atoms with Crippen molar-refractivity contribution in [1.29, 1.82) is 0 Å². The van der Waals surface area contributed by atoms with Gasteiger partial charge >= 0.3 is 0 Å². The van der Waals surface area contributed by atoms with Crippen LogP contribution < -0.4 is 10.1 Å². The van der Waals surface area contributed by atoms with Crippen LogP contribution in [0.25, 0.3) is 0 Å². The number of hydrogen-bond acceptors (Lipinski definition) is 3. The Morgan fingerprint density at radius 1 is 1.39 bits per heavy atom. The van der Waals surface area contributed by atoms with Gasteiger partial charge in [-0.05, 0) is 47.1 Å². The van der Waals surface area contributed by atoms with E-state index in [0.29, 0.717) is 10.8 Å². The molecule has 0 saturated heterocycles. The third-order valence-electron chi connectivity index (χ3n) is 2.55. The highest BCUT2D eigenvalue weighted by atomic mass is 79.9. The summed E-state index contributed by atoms with van der Waals surface area (Å²) in [5.74, 6) is 0.689. The third kappa shape index (κ3) is 3.19. The molecule has 0 saturated carbocycles. The average molecular weight is 347 g/mol. The molecule has 96 valence electrons. The molecule has 0 aliphatic heterocycles. The maximum atomic E-state index is 6.09. The fourth-order valence-corrected chi connectivity index (χ4v) is 3.34. The van der Waals surface area contributed by atoms with Crippen LogP contribution in [0.5, 0.6) is 5.75 Å². The fraction of sp³-hybridized carbons (Fsp3) is 0.231. The predicted molar refractivity (Wildman–Crippen MR) is 82.1 cm³/mol. The van der Waals surface area contributed by atoms with E-state index in [9.17, 15) is 0 Å². The molecule has 0 amide bonds. The monoisotopic (exact) mass is 345 g/mol. The Bertz CT molecular complexity index is 544. The van der Waals surface area contributed by atoms with Crippen molar-refractivity contribution in [3.63, 3.8) is 0 Å². The molecule has 2 rings (SSSR count). The van der Waals surface area contributed by atoms with Crippen molar-refractivity contribution < 1.29 is 4.74 Å². The van der Waals surface area contributed by atoms with Crippen LogP contribution >= 0.6 is 38.9 Å². The molecule has 1 heterocycles. The lowest BCUT2D eigenvalue weighted by Crippen LogP contribution is -2.04. The minimum Gasteiger partial charge on any atom is -0.495 e. The van der Waals surface area contributed by atoms with Crippen molar-refractivity contribution in [3.05, 3.63) is 44.0 Å². The van der Waals surface area contributed by atoms with E-state index in [1.54, 1.807) is 18.4 Å². The number of hydrogen-bond donors (Lipinski definition) is 1. The molecule has 5 heteroatoms. The van der Waals surface area contributed by atoms with E-state index >= 15 is 0 Å². The van der Waals surface area contributed by atoms with Gasteiger partial charge in [0, 0.05) is 20.4 Å². The first kappa shape index (κ1) is 13.7. The molecule has 0 radical (unpaired) electrons. The molecular formula is C13H13BrClNOS. The molecular weight excluding hydrogens is 334 g/mol. The molecule has 0 spiro atoms. The van der Waals surface area contributed by atoms with Gasteiger partial charge in [-0.2, -0.15) is 0 Å². The summed E-state index contributed by atoms with van der Waals surface area (Å²) in [7, 11) is 1.61. The van der Waals surface area contributed by atoms with Gasteiger partial charge in [-0.3, -0.25) is 0 Å². The Hall–Kier alpha value is -0.710. The third-order valence-corrected chi connectivity index (χ3v) is 4.72. The number of benzene rings is 1. The van der Waals surface area contributed by atoms with E-state index in [1.807, 2.05) is 18.2 Å². The van der Waals surface area contributed by atoms with Crippen LogP contribution in [0, 0.1) is 0 Å². The van der Waals surface area contributed by atoms with Crippen LogP contribution in [-0.4, -0.2) is 7.11 Å². The predicted octanol–water partition coefficient (Wildman–Crippen LogP) is 5.35. The SMILES string of the molecule is COc1ccc(NC(C)c2cc(Br)cs2)cc1Cl. The Morgan fingerprint density at radius 3 is 2.72 bits per heavy atom. The number of thiophene rings is 1. The van der Waals surface area contributed by atoms with Crippen molar-refractivity contribution in [2.45, 2.75) is 13.0 Å². The minimum atomic E-state index is 0.241.